The number of hydrogen-bond acceptors (Lipinski definition) is 3. The number of primary amides is 1. The zero-order valence-electron chi connectivity index (χ0n) is 10.9. The van der Waals surface area contributed by atoms with E-state index in [0.717, 1.165) is 7.86 Å². The molecule has 0 bridgehead atoms. The van der Waals surface area contributed by atoms with E-state index >= 15 is 0 Å². The average Bonchev–Trinajstić information content (AvgIpc) is 2.35. The molecule has 0 aromatic heterocycles. The van der Waals surface area contributed by atoms with Crippen molar-refractivity contribution in [2.45, 2.75) is 20.1 Å². The number of rotatable bonds is 10. The van der Waals surface area contributed by atoms with Gasteiger partial charge in [0.05, 0.1) is 0 Å². The van der Waals surface area contributed by atoms with Gasteiger partial charge < -0.3 is 0 Å². The molecular formula is C9H18Cl2Hg2N2O3. The average molecular weight is 674 g/mol. The first kappa shape index (κ1) is 19.6. The topological polar surface area (TPSA) is 64.8 Å². The molecule has 0 rings (SSSR count). The molecule has 2 atom stereocenters. The van der Waals surface area contributed by atoms with Crippen molar-refractivity contribution < 1.29 is 60.9 Å². The molecule has 18 heavy (non-hydrogen) atoms. The van der Waals surface area contributed by atoms with Gasteiger partial charge in [0, 0.05) is 0 Å². The zero-order chi connectivity index (χ0) is 14.0. The summed E-state index contributed by atoms with van der Waals surface area (Å²) in [4.78, 5) is 13.0. The van der Waals surface area contributed by atoms with Gasteiger partial charge in [-0.15, -0.1) is 0 Å². The van der Waals surface area contributed by atoms with Gasteiger partial charge in [-0.3, -0.25) is 0 Å². The fourth-order valence-electron chi connectivity index (χ4n) is 1.56. The van der Waals surface area contributed by atoms with E-state index in [2.05, 4.69) is 0 Å². The van der Waals surface area contributed by atoms with E-state index in [-0.39, 0.29) is 12.2 Å². The first-order chi connectivity index (χ1) is 8.58. The number of nitrogens with zero attached hydrogens (tertiary/aromatic N) is 1. The number of ether oxygens (including phenoxy) is 2. The second kappa shape index (κ2) is 12.4. The van der Waals surface area contributed by atoms with Crippen LogP contribution in [0.15, 0.2) is 0 Å². The predicted molar refractivity (Wildman–Crippen MR) is 64.1 cm³/mol. The van der Waals surface area contributed by atoms with Crippen molar-refractivity contribution in [1.82, 2.24) is 4.90 Å². The molecule has 0 aliphatic heterocycles. The first-order valence-corrected chi connectivity index (χ1v) is 27.1. The number of halogens is 2. The molecule has 0 aromatic carbocycles. The van der Waals surface area contributed by atoms with Gasteiger partial charge in [-0.05, 0) is 0 Å². The molecule has 9 heteroatoms. The fraction of sp³-hybridized carbons (Fsp3) is 0.889. The number of amides is 2. The van der Waals surface area contributed by atoms with Crippen molar-refractivity contribution in [2.75, 3.05) is 27.3 Å². The van der Waals surface area contributed by atoms with Crippen LogP contribution in [0.25, 0.3) is 0 Å². The van der Waals surface area contributed by atoms with Crippen LogP contribution in [-0.4, -0.2) is 50.4 Å². The molecule has 0 spiro atoms. The fourth-order valence-corrected chi connectivity index (χ4v) is 11.0. The molecule has 0 aliphatic carbocycles. The Morgan fingerprint density at radius 1 is 1.17 bits per heavy atom. The van der Waals surface area contributed by atoms with Crippen molar-refractivity contribution in [1.29, 1.82) is 0 Å². The van der Waals surface area contributed by atoms with Gasteiger partial charge in [-0.2, -0.15) is 0 Å². The van der Waals surface area contributed by atoms with Crippen LogP contribution in [0.2, 0.25) is 7.86 Å². The van der Waals surface area contributed by atoms with E-state index in [0.29, 0.717) is 13.1 Å². The van der Waals surface area contributed by atoms with E-state index in [9.17, 15) is 4.79 Å². The van der Waals surface area contributed by atoms with Gasteiger partial charge in [0.25, 0.3) is 0 Å². The predicted octanol–water partition coefficient (Wildman–Crippen LogP) is 1.71. The molecule has 0 saturated carbocycles. The summed E-state index contributed by atoms with van der Waals surface area (Å²) in [6, 6.07) is -0.448. The number of methoxy groups -OCH3 is 2. The quantitative estimate of drug-likeness (QED) is 0.360. The third-order valence-corrected chi connectivity index (χ3v) is 13.2. The van der Waals surface area contributed by atoms with Gasteiger partial charge in [-0.25, -0.2) is 0 Å². The molecule has 5 nitrogen and oxygen atoms in total. The Balaban J connectivity index is 4.40. The molecule has 100 valence electrons. The monoisotopic (exact) mass is 676 g/mol. The van der Waals surface area contributed by atoms with Gasteiger partial charge >= 0.3 is 141 Å². The summed E-state index contributed by atoms with van der Waals surface area (Å²) in [5.41, 5.74) is 5.38. The van der Waals surface area contributed by atoms with Gasteiger partial charge in [-0.1, -0.05) is 0 Å². The summed E-state index contributed by atoms with van der Waals surface area (Å²) >= 11 is -2.59. The summed E-state index contributed by atoms with van der Waals surface area (Å²) in [6.07, 6.45) is -0.00969. The standard InChI is InChI=1S/C9H18N2O3.2ClH.2Hg/c1-7(13-3)5-11(9(10)12)6-8(2)14-4;;;;/h7-8H,1-2,5-6H2,3-4H3,(H2,10,12);2*1H;;/q;;;2*+1/p-2. The Labute approximate surface area is 140 Å². The number of hydrogen-bond donors (Lipinski definition) is 1. The van der Waals surface area contributed by atoms with Crippen LogP contribution in [0, 0.1) is 0 Å². The molecule has 2 unspecified atom stereocenters. The van der Waals surface area contributed by atoms with E-state index in [1.807, 2.05) is 0 Å². The molecule has 0 radical (unpaired) electrons. The second-order valence-electron chi connectivity index (χ2n) is 3.91. The summed E-state index contributed by atoms with van der Waals surface area (Å²) < 4.78 is 12.4. The molecule has 0 saturated heterocycles. The van der Waals surface area contributed by atoms with Crippen LogP contribution in [-0.2, 0) is 56.2 Å². The summed E-state index contributed by atoms with van der Waals surface area (Å²) in [5.74, 6) is 0. The normalized spacial score (nSPS) is 13.3. The maximum absolute atomic E-state index is 11.4. The van der Waals surface area contributed by atoms with Crippen LogP contribution in [0.5, 0.6) is 0 Å². The van der Waals surface area contributed by atoms with Crippen molar-refractivity contribution in [2.24, 2.45) is 5.73 Å². The van der Waals surface area contributed by atoms with Crippen molar-refractivity contribution in [3.05, 3.63) is 0 Å². The summed E-state index contributed by atoms with van der Waals surface area (Å²) in [6.45, 7) is 0.967. The Hall–Kier alpha value is 1.64. The van der Waals surface area contributed by atoms with Crippen molar-refractivity contribution in [3.8, 4) is 0 Å². The second-order valence-corrected chi connectivity index (χ2v) is 18.0. The van der Waals surface area contributed by atoms with Crippen molar-refractivity contribution >= 4 is 22.5 Å². The van der Waals surface area contributed by atoms with E-state index in [1.54, 1.807) is 19.1 Å². The van der Waals surface area contributed by atoms with Crippen molar-refractivity contribution in [3.63, 3.8) is 0 Å². The Bertz CT molecular complexity index is 224. The van der Waals surface area contributed by atoms with E-state index in [1.165, 1.54) is 0 Å². The van der Waals surface area contributed by atoms with Gasteiger partial charge in [0.15, 0.2) is 0 Å². The minimum absolute atomic E-state index is 0.00485. The van der Waals surface area contributed by atoms with Crippen LogP contribution in [0.3, 0.4) is 0 Å². The third kappa shape index (κ3) is 8.74. The zero-order valence-corrected chi connectivity index (χ0v) is 23.4. The van der Waals surface area contributed by atoms with Gasteiger partial charge in [0.1, 0.15) is 0 Å². The first-order valence-electron chi connectivity index (χ1n) is 5.80. The molecule has 0 heterocycles. The summed E-state index contributed by atoms with van der Waals surface area (Å²) in [5, 5.41) is 0. The van der Waals surface area contributed by atoms with Crippen LogP contribution in [0.1, 0.15) is 0 Å². The molecule has 0 fully saturated rings. The van der Waals surface area contributed by atoms with Crippen LogP contribution < -0.4 is 5.73 Å². The maximum atomic E-state index is 11.4. The molecule has 0 aliphatic rings. The third-order valence-electron chi connectivity index (χ3n) is 2.69. The van der Waals surface area contributed by atoms with E-state index < -0.39 is 52.7 Å². The van der Waals surface area contributed by atoms with Gasteiger partial charge in [0.2, 0.25) is 0 Å². The number of nitrogens with two attached hydrogens (primary N) is 1. The molecule has 2 N–H and O–H groups in total. The Morgan fingerprint density at radius 3 is 1.78 bits per heavy atom. The van der Waals surface area contributed by atoms with Crippen LogP contribution >= 0.6 is 16.5 Å². The SMILES string of the molecule is COC([CH2][Hg][Cl])CN(CC([CH2][Hg][Cl])OC)C(N)=O. The van der Waals surface area contributed by atoms with E-state index in [4.69, 9.17) is 31.7 Å². The molecular weight excluding hydrogens is 656 g/mol. The number of carbonyl (C=O) groups excluding carboxylic acids is 1. The Morgan fingerprint density at radius 2 is 1.56 bits per heavy atom. The molecule has 2 amide bonds. The molecule has 0 aromatic rings. The Kier molecular flexibility index (Phi) is 13.5. The number of carbonyl (C=O) groups is 1. The number of urea groups is 1. The van der Waals surface area contributed by atoms with Crippen LogP contribution in [0.4, 0.5) is 4.79 Å². The summed E-state index contributed by atoms with van der Waals surface area (Å²) in [7, 11) is 15.1. The minimum atomic E-state index is -1.29.